The molecule has 0 saturated heterocycles. The van der Waals surface area contributed by atoms with Gasteiger partial charge < -0.3 is 14.8 Å². The van der Waals surface area contributed by atoms with Crippen LogP contribution < -0.4 is 10.2 Å². The van der Waals surface area contributed by atoms with Crippen LogP contribution in [-0.2, 0) is 6.54 Å². The molecule has 2 aromatic rings. The van der Waals surface area contributed by atoms with Gasteiger partial charge in [0.1, 0.15) is 0 Å². The van der Waals surface area contributed by atoms with Gasteiger partial charge in [-0.15, -0.1) is 0 Å². The molecule has 4 heteroatoms. The average molecular weight is 258 g/mol. The van der Waals surface area contributed by atoms with Crippen molar-refractivity contribution in [1.82, 2.24) is 14.9 Å². The van der Waals surface area contributed by atoms with Crippen LogP contribution in [0.1, 0.15) is 20.8 Å². The van der Waals surface area contributed by atoms with Crippen molar-refractivity contribution in [2.24, 2.45) is 0 Å². The Morgan fingerprint density at radius 2 is 2.00 bits per heavy atom. The van der Waals surface area contributed by atoms with Gasteiger partial charge in [-0.25, -0.2) is 4.98 Å². The number of imidazole rings is 1. The summed E-state index contributed by atoms with van der Waals surface area (Å²) in [5, 5.41) is 3.53. The summed E-state index contributed by atoms with van der Waals surface area (Å²) in [6, 6.07) is 8.38. The van der Waals surface area contributed by atoms with E-state index in [0.29, 0.717) is 0 Å². The van der Waals surface area contributed by atoms with Crippen LogP contribution >= 0.6 is 0 Å². The standard InChI is InChI=1S/C15H22N4/c1-15(2,3)16-8-9-18-10-11-19-13-7-5-4-6-12(13)17-14(18)19/h4-7,16H,8-11H2,1-3H3. The summed E-state index contributed by atoms with van der Waals surface area (Å²) in [4.78, 5) is 7.12. The van der Waals surface area contributed by atoms with Crippen molar-refractivity contribution < 1.29 is 0 Å². The first-order valence-corrected chi connectivity index (χ1v) is 7.00. The third-order valence-electron chi connectivity index (χ3n) is 3.55. The molecule has 0 aliphatic carbocycles. The number of para-hydroxylation sites is 2. The van der Waals surface area contributed by atoms with Crippen LogP contribution in [-0.4, -0.2) is 34.7 Å². The SMILES string of the molecule is CC(C)(C)NCCN1CCn2c1nc1ccccc12. The molecule has 19 heavy (non-hydrogen) atoms. The van der Waals surface area contributed by atoms with E-state index >= 15 is 0 Å². The molecule has 0 spiro atoms. The van der Waals surface area contributed by atoms with Crippen LogP contribution in [0.5, 0.6) is 0 Å². The van der Waals surface area contributed by atoms with Crippen LogP contribution in [0, 0.1) is 0 Å². The lowest BCUT2D eigenvalue weighted by Gasteiger charge is -2.23. The monoisotopic (exact) mass is 258 g/mol. The molecule has 2 heterocycles. The summed E-state index contributed by atoms with van der Waals surface area (Å²) in [6.45, 7) is 10.7. The molecule has 1 aliphatic heterocycles. The summed E-state index contributed by atoms with van der Waals surface area (Å²) in [7, 11) is 0. The molecule has 0 radical (unpaired) electrons. The number of aromatic nitrogens is 2. The summed E-state index contributed by atoms with van der Waals surface area (Å²) < 4.78 is 2.33. The molecule has 0 saturated carbocycles. The summed E-state index contributed by atoms with van der Waals surface area (Å²) >= 11 is 0. The lowest BCUT2D eigenvalue weighted by molar-refractivity contribution is 0.429. The van der Waals surface area contributed by atoms with Gasteiger partial charge in [-0.2, -0.15) is 0 Å². The largest absolute Gasteiger partial charge is 0.339 e. The second-order valence-electron chi connectivity index (χ2n) is 6.22. The topological polar surface area (TPSA) is 33.1 Å². The minimum absolute atomic E-state index is 0.180. The minimum atomic E-state index is 0.180. The predicted molar refractivity (Wildman–Crippen MR) is 79.7 cm³/mol. The van der Waals surface area contributed by atoms with E-state index in [-0.39, 0.29) is 5.54 Å². The molecule has 4 nitrogen and oxygen atoms in total. The molecule has 0 fully saturated rings. The number of hydrogen-bond donors (Lipinski definition) is 1. The Balaban J connectivity index is 1.75. The average Bonchev–Trinajstić information content (AvgIpc) is 2.87. The number of anilines is 1. The molecule has 102 valence electrons. The molecule has 1 aromatic carbocycles. The third-order valence-corrected chi connectivity index (χ3v) is 3.55. The van der Waals surface area contributed by atoms with Gasteiger partial charge in [-0.3, -0.25) is 0 Å². The molecular formula is C15H22N4. The number of rotatable bonds is 3. The van der Waals surface area contributed by atoms with Crippen LogP contribution in [0.3, 0.4) is 0 Å². The van der Waals surface area contributed by atoms with Crippen molar-refractivity contribution in [1.29, 1.82) is 0 Å². The van der Waals surface area contributed by atoms with Gasteiger partial charge in [-0.1, -0.05) is 12.1 Å². The molecule has 0 amide bonds. The molecule has 0 atom stereocenters. The Morgan fingerprint density at radius 1 is 1.21 bits per heavy atom. The van der Waals surface area contributed by atoms with Crippen LogP contribution in [0.25, 0.3) is 11.0 Å². The highest BCUT2D eigenvalue weighted by Gasteiger charge is 2.23. The lowest BCUT2D eigenvalue weighted by atomic mass is 10.1. The van der Waals surface area contributed by atoms with Crippen molar-refractivity contribution in [2.45, 2.75) is 32.9 Å². The zero-order valence-electron chi connectivity index (χ0n) is 12.0. The van der Waals surface area contributed by atoms with Gasteiger partial charge in [0.25, 0.3) is 0 Å². The van der Waals surface area contributed by atoms with Crippen molar-refractivity contribution in [3.63, 3.8) is 0 Å². The second kappa shape index (κ2) is 4.53. The first kappa shape index (κ1) is 12.5. The lowest BCUT2D eigenvalue weighted by Crippen LogP contribution is -2.41. The van der Waals surface area contributed by atoms with Gasteiger partial charge in [0.15, 0.2) is 0 Å². The van der Waals surface area contributed by atoms with Crippen molar-refractivity contribution >= 4 is 17.0 Å². The fraction of sp³-hybridized carbons (Fsp3) is 0.533. The molecule has 3 rings (SSSR count). The summed E-state index contributed by atoms with van der Waals surface area (Å²) in [5.41, 5.74) is 2.54. The van der Waals surface area contributed by atoms with E-state index < -0.39 is 0 Å². The smallest absolute Gasteiger partial charge is 0.206 e. The Hall–Kier alpha value is -1.55. The zero-order chi connectivity index (χ0) is 13.5. The second-order valence-corrected chi connectivity index (χ2v) is 6.22. The Labute approximate surface area is 114 Å². The highest BCUT2D eigenvalue weighted by atomic mass is 15.4. The maximum Gasteiger partial charge on any atom is 0.206 e. The predicted octanol–water partition coefficient (Wildman–Crippen LogP) is 2.24. The van der Waals surface area contributed by atoms with Crippen LogP contribution in [0.2, 0.25) is 0 Å². The molecule has 0 bridgehead atoms. The van der Waals surface area contributed by atoms with Crippen molar-refractivity contribution in [3.05, 3.63) is 24.3 Å². The fourth-order valence-corrected chi connectivity index (χ4v) is 2.62. The van der Waals surface area contributed by atoms with Crippen LogP contribution in [0.15, 0.2) is 24.3 Å². The highest BCUT2D eigenvalue weighted by Crippen LogP contribution is 2.26. The van der Waals surface area contributed by atoms with E-state index in [0.717, 1.165) is 37.6 Å². The van der Waals surface area contributed by atoms with Gasteiger partial charge in [0.2, 0.25) is 5.95 Å². The summed E-state index contributed by atoms with van der Waals surface area (Å²) in [5.74, 6) is 1.12. The maximum absolute atomic E-state index is 4.75. The molecular weight excluding hydrogens is 236 g/mol. The minimum Gasteiger partial charge on any atom is -0.339 e. The van der Waals surface area contributed by atoms with Crippen molar-refractivity contribution in [3.8, 4) is 0 Å². The number of fused-ring (bicyclic) bond motifs is 3. The van der Waals surface area contributed by atoms with E-state index in [9.17, 15) is 0 Å². The number of nitrogens with one attached hydrogen (secondary N) is 1. The van der Waals surface area contributed by atoms with E-state index in [1.54, 1.807) is 0 Å². The molecule has 1 N–H and O–H groups in total. The van der Waals surface area contributed by atoms with E-state index in [4.69, 9.17) is 4.98 Å². The van der Waals surface area contributed by atoms with Gasteiger partial charge in [0.05, 0.1) is 11.0 Å². The first-order chi connectivity index (χ1) is 9.04. The van der Waals surface area contributed by atoms with Gasteiger partial charge in [-0.05, 0) is 32.9 Å². The maximum atomic E-state index is 4.75. The normalized spacial score (nSPS) is 15.2. The third kappa shape index (κ3) is 2.45. The first-order valence-electron chi connectivity index (χ1n) is 7.00. The highest BCUT2D eigenvalue weighted by molar-refractivity contribution is 5.79. The van der Waals surface area contributed by atoms with E-state index in [1.165, 1.54) is 5.52 Å². The Bertz CT molecular complexity index is 579. The number of benzene rings is 1. The Morgan fingerprint density at radius 3 is 2.79 bits per heavy atom. The van der Waals surface area contributed by atoms with E-state index in [1.807, 2.05) is 0 Å². The summed E-state index contributed by atoms with van der Waals surface area (Å²) in [6.07, 6.45) is 0. The Kier molecular flexibility index (Phi) is 2.97. The van der Waals surface area contributed by atoms with E-state index in [2.05, 4.69) is 59.8 Å². The zero-order valence-corrected chi connectivity index (χ0v) is 12.0. The number of hydrogen-bond acceptors (Lipinski definition) is 3. The molecule has 0 unspecified atom stereocenters. The van der Waals surface area contributed by atoms with Gasteiger partial charge in [0, 0.05) is 31.7 Å². The quantitative estimate of drug-likeness (QED) is 0.916. The van der Waals surface area contributed by atoms with Crippen molar-refractivity contribution in [2.75, 3.05) is 24.5 Å². The fourth-order valence-electron chi connectivity index (χ4n) is 2.62. The van der Waals surface area contributed by atoms with Crippen LogP contribution in [0.4, 0.5) is 5.95 Å². The van der Waals surface area contributed by atoms with Gasteiger partial charge >= 0.3 is 0 Å². The number of nitrogens with zero attached hydrogens (tertiary/aromatic N) is 3. The molecule has 1 aliphatic rings. The molecule has 1 aromatic heterocycles.